The van der Waals surface area contributed by atoms with Crippen LogP contribution in [0.3, 0.4) is 0 Å². The number of sulfonamides is 1. The molecule has 0 amide bonds. The van der Waals surface area contributed by atoms with Gasteiger partial charge in [-0.3, -0.25) is 4.90 Å². The zero-order valence-corrected chi connectivity index (χ0v) is 14.0. The molecule has 1 aromatic rings. The molecular weight excluding hydrogens is 323 g/mol. The van der Waals surface area contributed by atoms with Crippen molar-refractivity contribution >= 4 is 10.0 Å². The molecule has 1 N–H and O–H groups in total. The molecule has 1 aliphatic rings. The Morgan fingerprint density at radius 2 is 1.91 bits per heavy atom. The minimum absolute atomic E-state index is 0.112. The standard InChI is InChI=1S/C15H23FN2O4S/c1-23(20,21)18-8-6-17(7-9-18)10-14(19)12-22-11-13-4-2-3-5-15(13)16/h2-5,14,19H,6-12H2,1H3/t14-/m1/s1. The number of nitrogens with zero attached hydrogens (tertiary/aromatic N) is 2. The molecule has 1 atom stereocenters. The van der Waals surface area contributed by atoms with Gasteiger partial charge < -0.3 is 9.84 Å². The van der Waals surface area contributed by atoms with E-state index in [0.717, 1.165) is 0 Å². The SMILES string of the molecule is CS(=O)(=O)N1CCN(C[C@@H](O)COCc2ccccc2F)CC1. The average molecular weight is 346 g/mol. The van der Waals surface area contributed by atoms with E-state index in [4.69, 9.17) is 4.74 Å². The summed E-state index contributed by atoms with van der Waals surface area (Å²) in [5, 5.41) is 9.98. The van der Waals surface area contributed by atoms with Crippen LogP contribution in [-0.2, 0) is 21.4 Å². The number of benzene rings is 1. The van der Waals surface area contributed by atoms with Gasteiger partial charge in [-0.25, -0.2) is 12.8 Å². The molecule has 0 unspecified atom stereocenters. The Morgan fingerprint density at radius 3 is 2.52 bits per heavy atom. The third kappa shape index (κ3) is 5.82. The zero-order chi connectivity index (χ0) is 16.9. The van der Waals surface area contributed by atoms with Crippen LogP contribution in [0.25, 0.3) is 0 Å². The fourth-order valence-corrected chi connectivity index (χ4v) is 3.34. The minimum Gasteiger partial charge on any atom is -0.389 e. The summed E-state index contributed by atoms with van der Waals surface area (Å²) in [6.07, 6.45) is 0.514. The van der Waals surface area contributed by atoms with Crippen LogP contribution in [-0.4, -0.2) is 74.4 Å². The summed E-state index contributed by atoms with van der Waals surface area (Å²) in [6, 6.07) is 6.37. The third-order valence-corrected chi connectivity index (χ3v) is 5.10. The van der Waals surface area contributed by atoms with E-state index in [1.165, 1.54) is 16.6 Å². The van der Waals surface area contributed by atoms with Gasteiger partial charge in [-0.15, -0.1) is 0 Å². The average Bonchev–Trinajstić information content (AvgIpc) is 2.49. The molecule has 0 aromatic heterocycles. The topological polar surface area (TPSA) is 70.1 Å². The third-order valence-electron chi connectivity index (χ3n) is 3.79. The van der Waals surface area contributed by atoms with Crippen molar-refractivity contribution in [3.8, 4) is 0 Å². The van der Waals surface area contributed by atoms with Gasteiger partial charge in [-0.2, -0.15) is 4.31 Å². The molecule has 6 nitrogen and oxygen atoms in total. The van der Waals surface area contributed by atoms with Crippen molar-refractivity contribution in [3.05, 3.63) is 35.6 Å². The van der Waals surface area contributed by atoms with Crippen LogP contribution in [0.15, 0.2) is 24.3 Å². The first kappa shape index (κ1) is 18.3. The number of halogens is 1. The van der Waals surface area contributed by atoms with Gasteiger partial charge in [0.25, 0.3) is 0 Å². The minimum atomic E-state index is -3.14. The first-order valence-corrected chi connectivity index (χ1v) is 9.38. The van der Waals surface area contributed by atoms with Crippen molar-refractivity contribution < 1.29 is 22.7 Å². The van der Waals surface area contributed by atoms with Gasteiger partial charge in [0.1, 0.15) is 5.82 Å². The number of hydrogen-bond donors (Lipinski definition) is 1. The van der Waals surface area contributed by atoms with Crippen LogP contribution in [0, 0.1) is 5.82 Å². The molecule has 8 heteroatoms. The number of rotatable bonds is 7. The molecule has 1 saturated heterocycles. The Balaban J connectivity index is 1.68. The van der Waals surface area contributed by atoms with E-state index < -0.39 is 16.1 Å². The van der Waals surface area contributed by atoms with Crippen LogP contribution < -0.4 is 0 Å². The van der Waals surface area contributed by atoms with Crippen molar-refractivity contribution in [1.29, 1.82) is 0 Å². The van der Waals surface area contributed by atoms with E-state index in [1.54, 1.807) is 18.2 Å². The molecule has 0 radical (unpaired) electrons. The van der Waals surface area contributed by atoms with Crippen LogP contribution in [0.5, 0.6) is 0 Å². The van der Waals surface area contributed by atoms with Crippen molar-refractivity contribution in [3.63, 3.8) is 0 Å². The lowest BCUT2D eigenvalue weighted by Crippen LogP contribution is -2.50. The first-order valence-electron chi connectivity index (χ1n) is 7.53. The molecule has 0 aliphatic carbocycles. The lowest BCUT2D eigenvalue weighted by molar-refractivity contribution is 0.00471. The monoisotopic (exact) mass is 346 g/mol. The summed E-state index contributed by atoms with van der Waals surface area (Å²) in [7, 11) is -3.14. The highest BCUT2D eigenvalue weighted by Crippen LogP contribution is 2.09. The highest BCUT2D eigenvalue weighted by atomic mass is 32.2. The smallest absolute Gasteiger partial charge is 0.211 e. The maximum Gasteiger partial charge on any atom is 0.211 e. The van der Waals surface area contributed by atoms with Crippen LogP contribution >= 0.6 is 0 Å². The van der Waals surface area contributed by atoms with Crippen LogP contribution in [0.4, 0.5) is 4.39 Å². The Labute approximate surface area is 136 Å². The lowest BCUT2D eigenvalue weighted by atomic mass is 10.2. The van der Waals surface area contributed by atoms with E-state index >= 15 is 0 Å². The second kappa shape index (κ2) is 8.16. The maximum absolute atomic E-state index is 13.4. The van der Waals surface area contributed by atoms with Crippen molar-refractivity contribution in [2.24, 2.45) is 0 Å². The summed E-state index contributed by atoms with van der Waals surface area (Å²) < 4.78 is 43.1. The second-order valence-electron chi connectivity index (χ2n) is 5.72. The van der Waals surface area contributed by atoms with Gasteiger partial charge in [0.15, 0.2) is 0 Å². The van der Waals surface area contributed by atoms with Crippen LogP contribution in [0.2, 0.25) is 0 Å². The number of piperazine rings is 1. The van der Waals surface area contributed by atoms with Gasteiger partial charge in [0.05, 0.1) is 25.6 Å². The Kier molecular flexibility index (Phi) is 6.49. The Morgan fingerprint density at radius 1 is 1.26 bits per heavy atom. The predicted octanol–water partition coefficient (Wildman–Crippen LogP) is 0.280. The summed E-state index contributed by atoms with van der Waals surface area (Å²) in [6.45, 7) is 2.67. The quantitative estimate of drug-likeness (QED) is 0.768. The van der Waals surface area contributed by atoms with Crippen LogP contribution in [0.1, 0.15) is 5.56 Å². The van der Waals surface area contributed by atoms with Gasteiger partial charge in [-0.05, 0) is 6.07 Å². The molecule has 1 aromatic carbocycles. The van der Waals surface area contributed by atoms with Crippen molar-refractivity contribution in [2.45, 2.75) is 12.7 Å². The van der Waals surface area contributed by atoms with E-state index in [1.807, 2.05) is 4.90 Å². The molecule has 1 heterocycles. The number of aliphatic hydroxyl groups is 1. The lowest BCUT2D eigenvalue weighted by Gasteiger charge is -2.34. The largest absolute Gasteiger partial charge is 0.389 e. The molecule has 23 heavy (non-hydrogen) atoms. The number of aliphatic hydroxyl groups excluding tert-OH is 1. The van der Waals surface area contributed by atoms with Gasteiger partial charge in [-0.1, -0.05) is 18.2 Å². The normalized spacial score (nSPS) is 18.9. The predicted molar refractivity (Wildman–Crippen MR) is 84.9 cm³/mol. The zero-order valence-electron chi connectivity index (χ0n) is 13.2. The highest BCUT2D eigenvalue weighted by Gasteiger charge is 2.24. The molecule has 130 valence electrons. The number of ether oxygens (including phenoxy) is 1. The Hall–Kier alpha value is -1.06. The molecule has 2 rings (SSSR count). The fourth-order valence-electron chi connectivity index (χ4n) is 2.51. The first-order chi connectivity index (χ1) is 10.9. The summed E-state index contributed by atoms with van der Waals surface area (Å²) in [5.74, 6) is -0.320. The van der Waals surface area contributed by atoms with Gasteiger partial charge in [0.2, 0.25) is 10.0 Å². The fraction of sp³-hybridized carbons (Fsp3) is 0.600. The maximum atomic E-state index is 13.4. The molecule has 0 saturated carbocycles. The molecular formula is C15H23FN2O4S. The van der Waals surface area contributed by atoms with Gasteiger partial charge in [0, 0.05) is 38.3 Å². The number of hydrogen-bond acceptors (Lipinski definition) is 5. The molecule has 0 bridgehead atoms. The molecule has 1 fully saturated rings. The number of β-amino-alcohol motifs (C(OH)–C–C–N with tert-alkyl or cyclic N) is 1. The van der Waals surface area contributed by atoms with E-state index in [-0.39, 0.29) is 19.0 Å². The highest BCUT2D eigenvalue weighted by molar-refractivity contribution is 7.88. The summed E-state index contributed by atoms with van der Waals surface area (Å²) in [5.41, 5.74) is 0.460. The molecule has 1 aliphatic heterocycles. The van der Waals surface area contributed by atoms with E-state index in [2.05, 4.69) is 0 Å². The van der Waals surface area contributed by atoms with E-state index in [9.17, 15) is 17.9 Å². The Bertz CT molecular complexity index is 603. The second-order valence-corrected chi connectivity index (χ2v) is 7.71. The van der Waals surface area contributed by atoms with Crippen molar-refractivity contribution in [2.75, 3.05) is 45.6 Å². The van der Waals surface area contributed by atoms with E-state index in [0.29, 0.717) is 38.3 Å². The van der Waals surface area contributed by atoms with Gasteiger partial charge >= 0.3 is 0 Å². The summed E-state index contributed by atoms with van der Waals surface area (Å²) in [4.78, 5) is 2.00. The van der Waals surface area contributed by atoms with Crippen molar-refractivity contribution in [1.82, 2.24) is 9.21 Å². The molecule has 0 spiro atoms. The summed E-state index contributed by atoms with van der Waals surface area (Å²) >= 11 is 0.